The first-order valence-electron chi connectivity index (χ1n) is 6.17. The van der Waals surface area contributed by atoms with Crippen molar-refractivity contribution in [1.82, 2.24) is 0 Å². The molecule has 5 heteroatoms. The van der Waals surface area contributed by atoms with Gasteiger partial charge < -0.3 is 10.6 Å². The summed E-state index contributed by atoms with van der Waals surface area (Å²) in [5.74, 6) is -0.0301. The number of anilines is 2. The van der Waals surface area contributed by atoms with E-state index in [4.69, 9.17) is 0 Å². The van der Waals surface area contributed by atoms with Crippen molar-refractivity contribution >= 4 is 49.1 Å². The first-order valence-corrected chi connectivity index (χ1v) is 7.76. The van der Waals surface area contributed by atoms with Crippen molar-refractivity contribution in [3.05, 3.63) is 56.5 Å². The minimum Gasteiger partial charge on any atom is -0.370 e. The van der Waals surface area contributed by atoms with E-state index in [2.05, 4.69) is 42.5 Å². The third-order valence-electron chi connectivity index (χ3n) is 3.35. The molecule has 0 radical (unpaired) electrons. The van der Waals surface area contributed by atoms with Crippen LogP contribution in [0.25, 0.3) is 0 Å². The molecule has 0 aliphatic carbocycles. The topological polar surface area (TPSA) is 41.1 Å². The Labute approximate surface area is 134 Å². The molecule has 2 N–H and O–H groups in total. The average molecular weight is 396 g/mol. The highest BCUT2D eigenvalue weighted by molar-refractivity contribution is 9.10. The molecule has 1 aliphatic heterocycles. The van der Waals surface area contributed by atoms with E-state index in [1.807, 2.05) is 43.3 Å². The number of aryl methyl sites for hydroxylation is 1. The summed E-state index contributed by atoms with van der Waals surface area (Å²) in [6.07, 6.45) is 0. The van der Waals surface area contributed by atoms with E-state index in [9.17, 15) is 4.79 Å². The molecular weight excluding hydrogens is 384 g/mol. The van der Waals surface area contributed by atoms with Crippen LogP contribution in [0.3, 0.4) is 0 Å². The van der Waals surface area contributed by atoms with Crippen LogP contribution in [0.1, 0.15) is 17.2 Å². The first-order chi connectivity index (χ1) is 9.54. The Morgan fingerprint density at radius 3 is 2.60 bits per heavy atom. The van der Waals surface area contributed by atoms with Crippen molar-refractivity contribution in [1.29, 1.82) is 0 Å². The van der Waals surface area contributed by atoms with Crippen LogP contribution < -0.4 is 10.6 Å². The lowest BCUT2D eigenvalue weighted by molar-refractivity contribution is -0.116. The van der Waals surface area contributed by atoms with Crippen LogP contribution in [-0.2, 0) is 4.79 Å². The summed E-state index contributed by atoms with van der Waals surface area (Å²) in [5.41, 5.74) is 3.88. The van der Waals surface area contributed by atoms with Gasteiger partial charge >= 0.3 is 0 Å². The summed E-state index contributed by atoms with van der Waals surface area (Å²) in [6, 6.07) is 11.5. The molecule has 1 unspecified atom stereocenters. The molecule has 3 nitrogen and oxygen atoms in total. The molecule has 0 bridgehead atoms. The molecule has 2 aromatic rings. The number of nitrogens with one attached hydrogen (secondary N) is 2. The van der Waals surface area contributed by atoms with Gasteiger partial charge in [-0.1, -0.05) is 44.0 Å². The SMILES string of the molecule is Cc1ccc(Br)cc1NC1C(=O)Nc2cc(Br)ccc21. The minimum absolute atomic E-state index is 0.0301. The summed E-state index contributed by atoms with van der Waals surface area (Å²) in [6.45, 7) is 2.02. The zero-order valence-corrected chi connectivity index (χ0v) is 13.9. The third-order valence-corrected chi connectivity index (χ3v) is 4.33. The van der Waals surface area contributed by atoms with Gasteiger partial charge in [-0.15, -0.1) is 0 Å². The van der Waals surface area contributed by atoms with Crippen molar-refractivity contribution in [2.75, 3.05) is 10.6 Å². The molecule has 102 valence electrons. The van der Waals surface area contributed by atoms with Crippen LogP contribution in [0.2, 0.25) is 0 Å². The van der Waals surface area contributed by atoms with Gasteiger partial charge in [0.05, 0.1) is 0 Å². The van der Waals surface area contributed by atoms with Gasteiger partial charge in [0.25, 0.3) is 5.91 Å². The Morgan fingerprint density at radius 2 is 1.80 bits per heavy atom. The molecule has 0 saturated carbocycles. The number of fused-ring (bicyclic) bond motifs is 1. The van der Waals surface area contributed by atoms with Gasteiger partial charge in [-0.2, -0.15) is 0 Å². The number of carbonyl (C=O) groups is 1. The summed E-state index contributed by atoms with van der Waals surface area (Å²) < 4.78 is 1.94. The Bertz CT molecular complexity index is 700. The predicted molar refractivity (Wildman–Crippen MR) is 88.0 cm³/mol. The van der Waals surface area contributed by atoms with Gasteiger partial charge in [-0.05, 0) is 36.8 Å². The summed E-state index contributed by atoms with van der Waals surface area (Å²) in [5, 5.41) is 6.22. The highest BCUT2D eigenvalue weighted by atomic mass is 79.9. The van der Waals surface area contributed by atoms with Crippen LogP contribution in [-0.4, -0.2) is 5.91 Å². The smallest absolute Gasteiger partial charge is 0.251 e. The molecule has 1 aliphatic rings. The van der Waals surface area contributed by atoms with Crippen LogP contribution in [0, 0.1) is 6.92 Å². The van der Waals surface area contributed by atoms with Gasteiger partial charge in [0, 0.05) is 25.9 Å². The first kappa shape index (κ1) is 13.6. The Morgan fingerprint density at radius 1 is 1.10 bits per heavy atom. The number of rotatable bonds is 2. The molecule has 1 atom stereocenters. The molecule has 0 spiro atoms. The predicted octanol–water partition coefficient (Wildman–Crippen LogP) is 4.63. The molecule has 2 aromatic carbocycles. The van der Waals surface area contributed by atoms with Gasteiger partial charge in [0.15, 0.2) is 0 Å². The molecule has 3 rings (SSSR count). The molecular formula is C15H12Br2N2O. The maximum Gasteiger partial charge on any atom is 0.251 e. The molecule has 0 aromatic heterocycles. The fraction of sp³-hybridized carbons (Fsp3) is 0.133. The lowest BCUT2D eigenvalue weighted by Gasteiger charge is -2.15. The third kappa shape index (κ3) is 2.47. The van der Waals surface area contributed by atoms with E-state index in [-0.39, 0.29) is 11.9 Å². The summed E-state index contributed by atoms with van der Waals surface area (Å²) >= 11 is 6.87. The van der Waals surface area contributed by atoms with Crippen molar-refractivity contribution in [2.45, 2.75) is 13.0 Å². The number of hydrogen-bond acceptors (Lipinski definition) is 2. The summed E-state index contributed by atoms with van der Waals surface area (Å²) in [4.78, 5) is 12.1. The second-order valence-corrected chi connectivity index (χ2v) is 6.59. The van der Waals surface area contributed by atoms with E-state index >= 15 is 0 Å². The van der Waals surface area contributed by atoms with Gasteiger partial charge in [-0.3, -0.25) is 4.79 Å². The fourth-order valence-electron chi connectivity index (χ4n) is 2.28. The van der Waals surface area contributed by atoms with E-state index < -0.39 is 0 Å². The number of benzene rings is 2. The Kier molecular flexibility index (Phi) is 3.56. The number of hydrogen-bond donors (Lipinski definition) is 2. The van der Waals surface area contributed by atoms with E-state index in [1.54, 1.807) is 0 Å². The van der Waals surface area contributed by atoms with Gasteiger partial charge in [0.1, 0.15) is 6.04 Å². The maximum atomic E-state index is 12.1. The van der Waals surface area contributed by atoms with Crippen molar-refractivity contribution in [2.24, 2.45) is 0 Å². The lowest BCUT2D eigenvalue weighted by atomic mass is 10.1. The highest BCUT2D eigenvalue weighted by Crippen LogP contribution is 2.36. The monoisotopic (exact) mass is 394 g/mol. The van der Waals surface area contributed by atoms with Crippen molar-refractivity contribution < 1.29 is 4.79 Å². The molecule has 0 fully saturated rings. The largest absolute Gasteiger partial charge is 0.370 e. The fourth-order valence-corrected chi connectivity index (χ4v) is 3.01. The number of halogens is 2. The standard InChI is InChI=1S/C15H12Br2N2O/c1-8-2-3-9(16)6-12(8)18-14-11-5-4-10(17)7-13(11)19-15(14)20/h2-7,14,18H,1H3,(H,19,20). The molecule has 20 heavy (non-hydrogen) atoms. The van der Waals surface area contributed by atoms with E-state index in [0.717, 1.165) is 31.4 Å². The van der Waals surface area contributed by atoms with Gasteiger partial charge in [-0.25, -0.2) is 0 Å². The Hall–Kier alpha value is -1.33. The summed E-state index contributed by atoms with van der Waals surface area (Å²) in [7, 11) is 0. The van der Waals surface area contributed by atoms with E-state index in [1.165, 1.54) is 0 Å². The Balaban J connectivity index is 1.96. The average Bonchev–Trinajstić information content (AvgIpc) is 2.69. The van der Waals surface area contributed by atoms with Crippen LogP contribution in [0.5, 0.6) is 0 Å². The second kappa shape index (κ2) is 5.22. The highest BCUT2D eigenvalue weighted by Gasteiger charge is 2.30. The molecule has 0 saturated heterocycles. The maximum absolute atomic E-state index is 12.1. The van der Waals surface area contributed by atoms with Crippen LogP contribution in [0.4, 0.5) is 11.4 Å². The lowest BCUT2D eigenvalue weighted by Crippen LogP contribution is -2.20. The minimum atomic E-state index is -0.355. The quantitative estimate of drug-likeness (QED) is 0.778. The number of carbonyl (C=O) groups excluding carboxylic acids is 1. The second-order valence-electron chi connectivity index (χ2n) is 4.76. The molecule has 1 amide bonds. The van der Waals surface area contributed by atoms with E-state index in [0.29, 0.717) is 0 Å². The van der Waals surface area contributed by atoms with Crippen LogP contribution in [0.15, 0.2) is 45.3 Å². The molecule has 1 heterocycles. The van der Waals surface area contributed by atoms with Gasteiger partial charge in [0.2, 0.25) is 0 Å². The normalized spacial score (nSPS) is 16.8. The zero-order valence-electron chi connectivity index (χ0n) is 10.7. The van der Waals surface area contributed by atoms with Crippen molar-refractivity contribution in [3.63, 3.8) is 0 Å². The number of amides is 1. The zero-order chi connectivity index (χ0) is 14.3. The van der Waals surface area contributed by atoms with Crippen LogP contribution >= 0.6 is 31.9 Å². The van der Waals surface area contributed by atoms with Crippen molar-refractivity contribution in [3.8, 4) is 0 Å².